The zero-order valence-electron chi connectivity index (χ0n) is 32.3. The Hall–Kier alpha value is -6.00. The van der Waals surface area contributed by atoms with Crippen LogP contribution in [0.3, 0.4) is 0 Å². The molecule has 0 radical (unpaired) electrons. The number of hydrogen-bond donors (Lipinski definition) is 1. The van der Waals surface area contributed by atoms with Crippen molar-refractivity contribution in [3.05, 3.63) is 198 Å². The van der Waals surface area contributed by atoms with Crippen molar-refractivity contribution in [1.29, 1.82) is 0 Å². The van der Waals surface area contributed by atoms with E-state index in [0.29, 0.717) is 6.54 Å². The number of aryl methyl sites for hydroxylation is 1. The van der Waals surface area contributed by atoms with Crippen LogP contribution in [-0.2, 0) is 13.0 Å². The van der Waals surface area contributed by atoms with Crippen LogP contribution in [0.4, 0.5) is 0 Å². The molecule has 276 valence electrons. The van der Waals surface area contributed by atoms with E-state index in [0.717, 1.165) is 24.2 Å². The average Bonchev–Trinajstić information content (AvgIpc) is 3.86. The summed E-state index contributed by atoms with van der Waals surface area (Å²) in [6, 6.07) is 58.6. The molecule has 10 rings (SSSR count). The van der Waals surface area contributed by atoms with Gasteiger partial charge in [-0.1, -0.05) is 172 Å². The second kappa shape index (κ2) is 16.8. The fourth-order valence-electron chi connectivity index (χ4n) is 7.87. The first kappa shape index (κ1) is 36.9. The highest BCUT2D eigenvalue weighted by Crippen LogP contribution is 2.44. The summed E-state index contributed by atoms with van der Waals surface area (Å²) >= 11 is 1.89. The lowest BCUT2D eigenvalue weighted by molar-refractivity contribution is 0.589. The van der Waals surface area contributed by atoms with Gasteiger partial charge in [-0.3, -0.25) is 0 Å². The van der Waals surface area contributed by atoms with Gasteiger partial charge in [0.15, 0.2) is 0 Å². The Morgan fingerprint density at radius 3 is 1.80 bits per heavy atom. The maximum Gasteiger partial charge on any atom is 0.138 e. The fraction of sp³-hybridized carbons (Fsp3) is 0.132. The number of para-hydroxylation sites is 1. The fourth-order valence-corrected chi connectivity index (χ4v) is 8.99. The van der Waals surface area contributed by atoms with Gasteiger partial charge in [-0.15, -0.1) is 11.3 Å². The molecule has 3 heteroatoms. The van der Waals surface area contributed by atoms with Crippen LogP contribution >= 0.6 is 11.3 Å². The van der Waals surface area contributed by atoms with E-state index in [1.54, 1.807) is 0 Å². The van der Waals surface area contributed by atoms with Crippen molar-refractivity contribution in [2.24, 2.45) is 5.73 Å². The van der Waals surface area contributed by atoms with E-state index < -0.39 is 0 Å². The summed E-state index contributed by atoms with van der Waals surface area (Å²) in [6.07, 6.45) is 6.50. The van der Waals surface area contributed by atoms with Gasteiger partial charge in [-0.05, 0) is 81.6 Å². The Morgan fingerprint density at radius 1 is 0.571 bits per heavy atom. The summed E-state index contributed by atoms with van der Waals surface area (Å²) < 4.78 is 9.15. The molecule has 0 spiro atoms. The smallest absolute Gasteiger partial charge is 0.138 e. The molecule has 1 aliphatic carbocycles. The minimum absolute atomic E-state index is 0.204. The molecule has 0 bridgehead atoms. The number of rotatable bonds is 6. The van der Waals surface area contributed by atoms with Gasteiger partial charge in [-0.25, -0.2) is 0 Å². The first-order valence-electron chi connectivity index (χ1n) is 19.8. The third kappa shape index (κ3) is 7.36. The van der Waals surface area contributed by atoms with Crippen LogP contribution in [0.25, 0.3) is 70.6 Å². The van der Waals surface area contributed by atoms with Crippen molar-refractivity contribution in [2.75, 3.05) is 0 Å². The summed E-state index contributed by atoms with van der Waals surface area (Å²) in [5.41, 5.74) is 19.2. The van der Waals surface area contributed by atoms with Crippen LogP contribution in [0.5, 0.6) is 0 Å². The van der Waals surface area contributed by atoms with Gasteiger partial charge < -0.3 is 10.2 Å². The van der Waals surface area contributed by atoms with Crippen molar-refractivity contribution >= 4 is 48.6 Å². The number of nitrogens with two attached hydrogens (primary N) is 1. The Balaban J connectivity index is 0.000000232. The second-order valence-corrected chi connectivity index (χ2v) is 15.2. The minimum atomic E-state index is 0.204. The first-order chi connectivity index (χ1) is 27.6. The van der Waals surface area contributed by atoms with Gasteiger partial charge in [0.05, 0.1) is 0 Å². The highest BCUT2D eigenvalue weighted by Gasteiger charge is 2.22. The lowest BCUT2D eigenvalue weighted by Crippen LogP contribution is -1.97. The molecule has 1 atom stereocenters. The SMILES string of the molecule is CC.CC(c1cccc2c3c(oc12)C=CCC3)c1cccc2sc3ccc(-c4ccc(-c5ccccc5)cc4)cc3c12.NCc1ccc(-c2ccccc2)cc1. The number of allylic oxidation sites excluding steroid dienone is 1. The predicted molar refractivity (Wildman–Crippen MR) is 242 cm³/mol. The molecular weight excluding hydrogens is 699 g/mol. The molecule has 56 heavy (non-hydrogen) atoms. The number of fused-ring (bicyclic) bond motifs is 6. The quantitative estimate of drug-likeness (QED) is 0.184. The number of furan rings is 1. The molecular formula is C53H47NOS. The normalized spacial score (nSPS) is 12.4. The maximum atomic E-state index is 6.48. The molecule has 0 amide bonds. The van der Waals surface area contributed by atoms with Crippen molar-refractivity contribution < 1.29 is 4.42 Å². The standard InChI is InChI=1S/C38H28OS.C13H13N.C2H6/c1-24(30-13-7-14-32-31-11-5-6-15-34(31)39-38(30)32)29-12-8-16-36-37(29)33-23-28(21-22-35(33)40-36)27-19-17-26(18-20-27)25-9-3-2-4-10-25;14-10-11-6-8-13(9-7-11)12-4-2-1-3-5-12;1-2/h2-4,6-10,12-24H,5,11H2,1H3;1-9H,10,14H2;1-2H3. The third-order valence-corrected chi connectivity index (χ3v) is 11.9. The van der Waals surface area contributed by atoms with Crippen molar-refractivity contribution in [3.63, 3.8) is 0 Å². The second-order valence-electron chi connectivity index (χ2n) is 14.1. The highest BCUT2D eigenvalue weighted by atomic mass is 32.1. The molecule has 9 aromatic rings. The molecule has 2 heterocycles. The number of benzene rings is 7. The van der Waals surface area contributed by atoms with E-state index in [1.807, 2.05) is 43.4 Å². The molecule has 1 aliphatic rings. The van der Waals surface area contributed by atoms with Crippen molar-refractivity contribution in [1.82, 2.24) is 0 Å². The van der Waals surface area contributed by atoms with E-state index >= 15 is 0 Å². The average molecular weight is 746 g/mol. The van der Waals surface area contributed by atoms with Gasteiger partial charge in [0.1, 0.15) is 11.3 Å². The van der Waals surface area contributed by atoms with Crippen LogP contribution in [0.2, 0.25) is 0 Å². The molecule has 2 N–H and O–H groups in total. The van der Waals surface area contributed by atoms with Gasteiger partial charge in [0.25, 0.3) is 0 Å². The maximum absolute atomic E-state index is 6.48. The van der Waals surface area contributed by atoms with Gasteiger partial charge >= 0.3 is 0 Å². The lowest BCUT2D eigenvalue weighted by atomic mass is 9.88. The zero-order chi connectivity index (χ0) is 38.4. The summed E-state index contributed by atoms with van der Waals surface area (Å²) in [7, 11) is 0. The van der Waals surface area contributed by atoms with Crippen LogP contribution in [0.15, 0.2) is 174 Å². The lowest BCUT2D eigenvalue weighted by Gasteiger charge is -2.15. The largest absolute Gasteiger partial charge is 0.456 e. The third-order valence-electron chi connectivity index (χ3n) is 10.8. The molecule has 7 aromatic carbocycles. The van der Waals surface area contributed by atoms with E-state index in [4.69, 9.17) is 10.2 Å². The number of hydrogen-bond acceptors (Lipinski definition) is 3. The summed E-state index contributed by atoms with van der Waals surface area (Å²) in [4.78, 5) is 0. The first-order valence-corrected chi connectivity index (χ1v) is 20.6. The van der Waals surface area contributed by atoms with Crippen LogP contribution < -0.4 is 5.73 Å². The van der Waals surface area contributed by atoms with E-state index in [1.165, 1.54) is 81.2 Å². The Kier molecular flexibility index (Phi) is 11.1. The summed E-state index contributed by atoms with van der Waals surface area (Å²) in [5, 5.41) is 3.97. The molecule has 0 fully saturated rings. The molecule has 0 aliphatic heterocycles. The number of thiophene rings is 1. The van der Waals surface area contributed by atoms with Gasteiger partial charge in [0.2, 0.25) is 0 Å². The van der Waals surface area contributed by atoms with Crippen molar-refractivity contribution in [2.45, 2.75) is 46.1 Å². The summed E-state index contributed by atoms with van der Waals surface area (Å²) in [6.45, 7) is 6.94. The minimum Gasteiger partial charge on any atom is -0.456 e. The zero-order valence-corrected chi connectivity index (χ0v) is 33.2. The van der Waals surface area contributed by atoms with E-state index in [9.17, 15) is 0 Å². The van der Waals surface area contributed by atoms with E-state index in [-0.39, 0.29) is 5.92 Å². The van der Waals surface area contributed by atoms with E-state index in [2.05, 4.69) is 165 Å². The van der Waals surface area contributed by atoms with Gasteiger partial charge in [-0.2, -0.15) is 0 Å². The molecule has 2 aromatic heterocycles. The molecule has 1 unspecified atom stereocenters. The van der Waals surface area contributed by atoms with Crippen molar-refractivity contribution in [3.8, 4) is 33.4 Å². The monoisotopic (exact) mass is 745 g/mol. The highest BCUT2D eigenvalue weighted by molar-refractivity contribution is 7.25. The molecule has 0 saturated carbocycles. The van der Waals surface area contributed by atoms with Crippen LogP contribution in [0, 0.1) is 0 Å². The van der Waals surface area contributed by atoms with Crippen LogP contribution in [-0.4, -0.2) is 0 Å². The van der Waals surface area contributed by atoms with Gasteiger partial charge in [0, 0.05) is 49.1 Å². The molecule has 0 saturated heterocycles. The molecule has 2 nitrogen and oxygen atoms in total. The Bertz CT molecular complexity index is 2740. The summed E-state index contributed by atoms with van der Waals surface area (Å²) in [5.74, 6) is 1.23. The predicted octanol–water partition coefficient (Wildman–Crippen LogP) is 15.1. The van der Waals surface area contributed by atoms with Crippen LogP contribution in [0.1, 0.15) is 61.1 Å². The topological polar surface area (TPSA) is 39.2 Å². The Morgan fingerprint density at radius 2 is 1.14 bits per heavy atom. The Labute approximate surface area is 334 Å².